The Labute approximate surface area is 226 Å². The van der Waals surface area contributed by atoms with E-state index in [0.717, 1.165) is 59.3 Å². The number of nitrogens with zero attached hydrogens (tertiary/aromatic N) is 3. The van der Waals surface area contributed by atoms with Gasteiger partial charge in [-0.1, -0.05) is 32.0 Å². The smallest absolute Gasteiger partial charge is 0.405 e. The van der Waals surface area contributed by atoms with Gasteiger partial charge < -0.3 is 28.7 Å². The zero-order chi connectivity index (χ0) is 27.8. The van der Waals surface area contributed by atoms with Crippen LogP contribution >= 0.6 is 0 Å². The molecule has 2 aromatic heterocycles. The fourth-order valence-corrected chi connectivity index (χ4v) is 6.12. The number of rotatable bonds is 8. The summed E-state index contributed by atoms with van der Waals surface area (Å²) < 4.78 is 25.5. The third-order valence-corrected chi connectivity index (χ3v) is 12.8. The molecule has 0 spiro atoms. The lowest BCUT2D eigenvalue weighted by Gasteiger charge is -2.37. The Morgan fingerprint density at radius 2 is 1.89 bits per heavy atom. The summed E-state index contributed by atoms with van der Waals surface area (Å²) in [6.45, 7) is 15.0. The van der Waals surface area contributed by atoms with E-state index in [-0.39, 0.29) is 23.8 Å². The fourth-order valence-electron chi connectivity index (χ4n) is 5.12. The summed E-state index contributed by atoms with van der Waals surface area (Å²) >= 11 is 0. The number of methoxy groups -OCH3 is 1. The molecule has 1 fully saturated rings. The first-order valence-electron chi connectivity index (χ1n) is 13.4. The first kappa shape index (κ1) is 28.3. The zero-order valence-electron chi connectivity index (χ0n) is 24.0. The number of carbonyl (C=O) groups excluding carboxylic acids is 1. The number of hydrogen-bond donors (Lipinski definition) is 1. The van der Waals surface area contributed by atoms with Gasteiger partial charge in [-0.25, -0.2) is 9.78 Å². The number of imidazole rings is 1. The molecule has 1 saturated carbocycles. The maximum atomic E-state index is 12.1. The second-order valence-corrected chi connectivity index (χ2v) is 16.7. The van der Waals surface area contributed by atoms with Crippen LogP contribution in [-0.2, 0) is 13.9 Å². The summed E-state index contributed by atoms with van der Waals surface area (Å²) in [4.78, 5) is 17.1. The Balaban J connectivity index is 1.80. The van der Waals surface area contributed by atoms with Crippen LogP contribution in [0, 0.1) is 13.8 Å². The molecule has 10 heteroatoms. The van der Waals surface area contributed by atoms with Crippen LogP contribution in [0.1, 0.15) is 75.9 Å². The lowest BCUT2D eigenvalue weighted by atomic mass is 9.92. The van der Waals surface area contributed by atoms with Gasteiger partial charge in [0, 0.05) is 18.7 Å². The summed E-state index contributed by atoms with van der Waals surface area (Å²) in [5.41, 5.74) is 10.1. The van der Waals surface area contributed by atoms with Crippen molar-refractivity contribution >= 4 is 25.4 Å². The summed E-state index contributed by atoms with van der Waals surface area (Å²) in [5, 5.41) is 4.12. The number of benzene rings is 1. The maximum Gasteiger partial charge on any atom is 0.405 e. The number of fused-ring (bicyclic) bond motifs is 1. The van der Waals surface area contributed by atoms with Crippen LogP contribution in [0.5, 0.6) is 0 Å². The number of ether oxygens (including phenoxy) is 2. The van der Waals surface area contributed by atoms with Gasteiger partial charge in [0.2, 0.25) is 0 Å². The second kappa shape index (κ2) is 10.8. The number of aryl methyl sites for hydroxylation is 2. The Kier molecular flexibility index (Phi) is 8.06. The van der Waals surface area contributed by atoms with Crippen molar-refractivity contribution in [1.29, 1.82) is 0 Å². The SMILES string of the molecule is CO[C@H]1CC[C@H](n2c(C(CO[Si](C)(C)C(C)(C)C)OC(N)=O)nc3cc(-c4c(C)noc4C)ccc32)CC1. The van der Waals surface area contributed by atoms with Gasteiger partial charge in [0.25, 0.3) is 0 Å². The van der Waals surface area contributed by atoms with Gasteiger partial charge in [0.05, 0.1) is 29.4 Å². The minimum Gasteiger partial charge on any atom is -0.436 e. The van der Waals surface area contributed by atoms with Crippen molar-refractivity contribution < 1.29 is 23.2 Å². The third-order valence-electron chi connectivity index (χ3n) is 8.33. The van der Waals surface area contributed by atoms with E-state index in [0.29, 0.717) is 5.82 Å². The van der Waals surface area contributed by atoms with Gasteiger partial charge in [-0.2, -0.15) is 0 Å². The number of hydrogen-bond acceptors (Lipinski definition) is 7. The Morgan fingerprint density at radius 1 is 1.21 bits per heavy atom. The first-order chi connectivity index (χ1) is 17.8. The van der Waals surface area contributed by atoms with E-state index in [9.17, 15) is 4.79 Å². The monoisotopic (exact) mass is 542 g/mol. The highest BCUT2D eigenvalue weighted by molar-refractivity contribution is 6.74. The quantitative estimate of drug-likeness (QED) is 0.319. The molecular formula is C28H42N4O5Si. The van der Waals surface area contributed by atoms with Gasteiger partial charge in [0.15, 0.2) is 20.2 Å². The van der Waals surface area contributed by atoms with Crippen molar-refractivity contribution in [2.45, 2.75) is 96.7 Å². The number of primary amides is 1. The lowest BCUT2D eigenvalue weighted by Crippen LogP contribution is -2.42. The highest BCUT2D eigenvalue weighted by Crippen LogP contribution is 2.40. The van der Waals surface area contributed by atoms with E-state index < -0.39 is 20.5 Å². The molecule has 0 radical (unpaired) electrons. The number of amides is 1. The molecule has 1 aromatic carbocycles. The van der Waals surface area contributed by atoms with Crippen molar-refractivity contribution in [2.75, 3.05) is 13.7 Å². The fraction of sp³-hybridized carbons (Fsp3) is 0.607. The first-order valence-corrected chi connectivity index (χ1v) is 16.3. The van der Waals surface area contributed by atoms with E-state index in [1.54, 1.807) is 7.11 Å². The Bertz CT molecular complexity index is 1260. The molecule has 0 saturated heterocycles. The van der Waals surface area contributed by atoms with Gasteiger partial charge >= 0.3 is 6.09 Å². The zero-order valence-corrected chi connectivity index (χ0v) is 25.0. The molecular weight excluding hydrogens is 500 g/mol. The molecule has 0 aliphatic heterocycles. The van der Waals surface area contributed by atoms with Crippen molar-refractivity contribution in [1.82, 2.24) is 14.7 Å². The highest BCUT2D eigenvalue weighted by atomic mass is 28.4. The molecule has 1 unspecified atom stereocenters. The normalized spacial score (nSPS) is 19.6. The van der Waals surface area contributed by atoms with Crippen LogP contribution < -0.4 is 5.73 Å². The van der Waals surface area contributed by atoms with Crippen molar-refractivity contribution in [3.05, 3.63) is 35.5 Å². The summed E-state index contributed by atoms with van der Waals surface area (Å²) in [6, 6.07) is 6.41. The van der Waals surface area contributed by atoms with Gasteiger partial charge in [-0.3, -0.25) is 0 Å². The van der Waals surface area contributed by atoms with Gasteiger partial charge in [0.1, 0.15) is 5.76 Å². The maximum absolute atomic E-state index is 12.1. The minimum atomic E-state index is -2.12. The van der Waals surface area contributed by atoms with Crippen molar-refractivity contribution in [3.8, 4) is 11.1 Å². The average Bonchev–Trinajstić information content (AvgIpc) is 3.39. The van der Waals surface area contributed by atoms with E-state index in [1.165, 1.54) is 0 Å². The second-order valence-electron chi connectivity index (χ2n) is 11.9. The van der Waals surface area contributed by atoms with E-state index >= 15 is 0 Å². The molecule has 9 nitrogen and oxygen atoms in total. The molecule has 38 heavy (non-hydrogen) atoms. The molecule has 2 heterocycles. The van der Waals surface area contributed by atoms with Gasteiger partial charge in [-0.15, -0.1) is 0 Å². The van der Waals surface area contributed by atoms with Crippen LogP contribution in [0.3, 0.4) is 0 Å². The van der Waals surface area contributed by atoms with E-state index in [1.807, 2.05) is 13.8 Å². The van der Waals surface area contributed by atoms with Gasteiger partial charge in [-0.05, 0) is 75.4 Å². The van der Waals surface area contributed by atoms with Crippen LogP contribution in [0.25, 0.3) is 22.2 Å². The van der Waals surface area contributed by atoms with Crippen molar-refractivity contribution in [3.63, 3.8) is 0 Å². The third kappa shape index (κ3) is 5.67. The molecule has 4 rings (SSSR count). The molecule has 1 aliphatic rings. The standard InChI is InChI=1S/C28H42N4O5Si/c1-17-25(18(2)37-31-17)19-9-14-23-22(15-19)30-26(32(23)20-10-12-21(34-6)13-11-20)24(36-27(29)33)16-35-38(7,8)28(3,4)5/h9,14-15,20-21,24H,10-13,16H2,1-8H3,(H2,29,33)/t20-,21-,24?. The molecule has 1 aliphatic carbocycles. The van der Waals surface area contributed by atoms with E-state index in [2.05, 4.69) is 61.8 Å². The predicted octanol–water partition coefficient (Wildman–Crippen LogP) is 6.60. The molecule has 1 atom stereocenters. The largest absolute Gasteiger partial charge is 0.436 e. The summed E-state index contributed by atoms with van der Waals surface area (Å²) in [7, 11) is -0.351. The van der Waals surface area contributed by atoms with Crippen LogP contribution in [0.15, 0.2) is 22.7 Å². The predicted molar refractivity (Wildman–Crippen MR) is 150 cm³/mol. The number of carbonyl (C=O) groups is 1. The Hall–Kier alpha value is -2.69. The number of aromatic nitrogens is 3. The number of nitrogens with two attached hydrogens (primary N) is 1. The molecule has 0 bridgehead atoms. The lowest BCUT2D eigenvalue weighted by molar-refractivity contribution is 0.0481. The van der Waals surface area contributed by atoms with Crippen LogP contribution in [-0.4, -0.2) is 48.9 Å². The molecule has 3 aromatic rings. The molecule has 1 amide bonds. The van der Waals surface area contributed by atoms with Crippen LogP contribution in [0.2, 0.25) is 18.1 Å². The summed E-state index contributed by atoms with van der Waals surface area (Å²) in [6.07, 6.45) is 2.49. The van der Waals surface area contributed by atoms with Crippen molar-refractivity contribution in [2.24, 2.45) is 5.73 Å². The molecule has 2 N–H and O–H groups in total. The van der Waals surface area contributed by atoms with E-state index in [4.69, 9.17) is 29.1 Å². The molecule has 208 valence electrons. The average molecular weight is 543 g/mol. The summed E-state index contributed by atoms with van der Waals surface area (Å²) in [5.74, 6) is 1.42. The topological polar surface area (TPSA) is 115 Å². The Morgan fingerprint density at radius 3 is 2.45 bits per heavy atom. The minimum absolute atomic E-state index is 0.00615. The van der Waals surface area contributed by atoms with Crippen LogP contribution in [0.4, 0.5) is 4.79 Å². The highest BCUT2D eigenvalue weighted by Gasteiger charge is 2.39.